The minimum Gasteiger partial charge on any atom is -0.497 e. The number of hydrogen-bond donors (Lipinski definition) is 0. The summed E-state index contributed by atoms with van der Waals surface area (Å²) in [6, 6.07) is 10.1. The number of thioether (sulfide) groups is 1. The number of benzene rings is 2. The van der Waals surface area contributed by atoms with E-state index in [0.717, 1.165) is 22.8 Å². The summed E-state index contributed by atoms with van der Waals surface area (Å²) in [6.07, 6.45) is 0.340. The van der Waals surface area contributed by atoms with Crippen LogP contribution in [0.1, 0.15) is 6.42 Å². The maximum Gasteiger partial charge on any atom is 0.243 e. The van der Waals surface area contributed by atoms with Gasteiger partial charge in [-0.15, -0.1) is 11.8 Å². The van der Waals surface area contributed by atoms with Crippen LogP contribution in [0, 0.1) is 11.6 Å². The molecule has 1 heterocycles. The molecule has 0 N–H and O–H groups in total. The number of ether oxygens (including phenoxy) is 1. The van der Waals surface area contributed by atoms with Gasteiger partial charge in [-0.3, -0.25) is 4.79 Å². The summed E-state index contributed by atoms with van der Waals surface area (Å²) in [6.45, 7) is 0.737. The molecule has 1 fully saturated rings. The third-order valence-corrected chi connectivity index (χ3v) is 7.67. The predicted octanol–water partition coefficient (Wildman–Crippen LogP) is 2.99. The lowest BCUT2D eigenvalue weighted by Gasteiger charge is -2.34. The Bertz CT molecular complexity index is 992. The number of piperazine rings is 1. The standard InChI is InChI=1S/C20H22F2N2O4S2/c1-28-15-2-4-16(5-3-15)29-13-8-20(25)23-9-11-24(12-10-23)30(26,27)17-6-7-18(21)19(22)14-17/h2-7,14H,8-13H2,1H3. The molecule has 162 valence electrons. The Kier molecular flexibility index (Phi) is 7.32. The van der Waals surface area contributed by atoms with Gasteiger partial charge in [0, 0.05) is 43.2 Å². The molecule has 1 saturated heterocycles. The molecule has 0 radical (unpaired) electrons. The van der Waals surface area contributed by atoms with Gasteiger partial charge in [-0.05, 0) is 42.5 Å². The van der Waals surface area contributed by atoms with Gasteiger partial charge in [0.15, 0.2) is 11.6 Å². The zero-order valence-electron chi connectivity index (χ0n) is 16.4. The van der Waals surface area contributed by atoms with E-state index >= 15 is 0 Å². The lowest BCUT2D eigenvalue weighted by molar-refractivity contribution is -0.131. The van der Waals surface area contributed by atoms with Crippen molar-refractivity contribution in [1.29, 1.82) is 0 Å². The number of methoxy groups -OCH3 is 1. The smallest absolute Gasteiger partial charge is 0.243 e. The Hall–Kier alpha value is -2.17. The molecule has 3 rings (SSSR count). The maximum absolute atomic E-state index is 13.4. The Labute approximate surface area is 178 Å². The Balaban J connectivity index is 1.49. The average Bonchev–Trinajstić information content (AvgIpc) is 2.76. The van der Waals surface area contributed by atoms with Gasteiger partial charge >= 0.3 is 0 Å². The highest BCUT2D eigenvalue weighted by Gasteiger charge is 2.30. The molecule has 0 saturated carbocycles. The number of carbonyl (C=O) groups excluding carboxylic acids is 1. The van der Waals surface area contributed by atoms with Crippen LogP contribution in [0.25, 0.3) is 0 Å². The van der Waals surface area contributed by atoms with Crippen molar-refractivity contribution in [2.45, 2.75) is 16.2 Å². The summed E-state index contributed by atoms with van der Waals surface area (Å²) in [7, 11) is -2.33. The van der Waals surface area contributed by atoms with Gasteiger partial charge in [-0.2, -0.15) is 4.31 Å². The molecule has 10 heteroatoms. The summed E-state index contributed by atoms with van der Waals surface area (Å²) in [5.41, 5.74) is 0. The number of hydrogen-bond acceptors (Lipinski definition) is 5. The van der Waals surface area contributed by atoms with Crippen molar-refractivity contribution in [3.63, 3.8) is 0 Å². The molecule has 30 heavy (non-hydrogen) atoms. The number of carbonyl (C=O) groups is 1. The molecule has 1 aliphatic heterocycles. The van der Waals surface area contributed by atoms with Crippen LogP contribution < -0.4 is 4.74 Å². The lowest BCUT2D eigenvalue weighted by atomic mass is 10.3. The van der Waals surface area contributed by atoms with E-state index in [2.05, 4.69) is 0 Å². The molecule has 1 aliphatic rings. The predicted molar refractivity (Wildman–Crippen MR) is 110 cm³/mol. The fraction of sp³-hybridized carbons (Fsp3) is 0.350. The van der Waals surface area contributed by atoms with Crippen molar-refractivity contribution in [2.24, 2.45) is 0 Å². The zero-order chi connectivity index (χ0) is 21.7. The van der Waals surface area contributed by atoms with Crippen molar-refractivity contribution in [3.05, 3.63) is 54.1 Å². The van der Waals surface area contributed by atoms with E-state index in [9.17, 15) is 22.0 Å². The van der Waals surface area contributed by atoms with E-state index in [4.69, 9.17) is 4.74 Å². The van der Waals surface area contributed by atoms with Gasteiger partial charge in [0.2, 0.25) is 15.9 Å². The van der Waals surface area contributed by atoms with Gasteiger partial charge in [0.1, 0.15) is 5.75 Å². The number of amides is 1. The highest BCUT2D eigenvalue weighted by Crippen LogP contribution is 2.23. The van der Waals surface area contributed by atoms with E-state index in [-0.39, 0.29) is 37.0 Å². The molecule has 0 aliphatic carbocycles. The molecule has 0 aromatic heterocycles. The van der Waals surface area contributed by atoms with Crippen LogP contribution in [0.4, 0.5) is 8.78 Å². The first-order valence-electron chi connectivity index (χ1n) is 9.31. The lowest BCUT2D eigenvalue weighted by Crippen LogP contribution is -2.50. The van der Waals surface area contributed by atoms with Crippen LogP contribution in [-0.2, 0) is 14.8 Å². The molecular weight excluding hydrogens is 434 g/mol. The fourth-order valence-electron chi connectivity index (χ4n) is 3.05. The largest absolute Gasteiger partial charge is 0.497 e. The van der Waals surface area contributed by atoms with E-state index < -0.39 is 21.7 Å². The monoisotopic (exact) mass is 456 g/mol. The van der Waals surface area contributed by atoms with Crippen molar-refractivity contribution in [2.75, 3.05) is 39.0 Å². The first-order chi connectivity index (χ1) is 14.3. The molecule has 2 aromatic carbocycles. The molecular formula is C20H22F2N2O4S2. The second-order valence-corrected chi connectivity index (χ2v) is 9.74. The number of halogens is 2. The van der Waals surface area contributed by atoms with E-state index in [1.807, 2.05) is 24.3 Å². The topological polar surface area (TPSA) is 66.9 Å². The van der Waals surface area contributed by atoms with Crippen LogP contribution in [0.5, 0.6) is 5.75 Å². The molecule has 0 spiro atoms. The average molecular weight is 457 g/mol. The second-order valence-electron chi connectivity index (χ2n) is 6.63. The summed E-state index contributed by atoms with van der Waals surface area (Å²) < 4.78 is 58.0. The van der Waals surface area contributed by atoms with Gasteiger partial charge in [-0.1, -0.05) is 0 Å². The Morgan fingerprint density at radius 3 is 2.30 bits per heavy atom. The molecule has 0 unspecified atom stereocenters. The van der Waals surface area contributed by atoms with Crippen molar-refractivity contribution < 1.29 is 26.7 Å². The summed E-state index contributed by atoms with van der Waals surface area (Å²) in [4.78, 5) is 14.8. The van der Waals surface area contributed by atoms with Crippen LogP contribution in [0.2, 0.25) is 0 Å². The number of nitrogens with zero attached hydrogens (tertiary/aromatic N) is 2. The second kappa shape index (κ2) is 9.76. The fourth-order valence-corrected chi connectivity index (χ4v) is 5.33. The number of rotatable bonds is 7. The molecule has 0 bridgehead atoms. The summed E-state index contributed by atoms with van der Waals surface area (Å²) >= 11 is 1.56. The Morgan fingerprint density at radius 1 is 1.03 bits per heavy atom. The highest BCUT2D eigenvalue weighted by molar-refractivity contribution is 7.99. The van der Waals surface area contributed by atoms with Crippen molar-refractivity contribution >= 4 is 27.7 Å². The normalized spacial score (nSPS) is 15.2. The number of sulfonamides is 1. The Morgan fingerprint density at radius 2 is 1.70 bits per heavy atom. The summed E-state index contributed by atoms with van der Waals surface area (Å²) in [5, 5.41) is 0. The van der Waals surface area contributed by atoms with Crippen molar-refractivity contribution in [3.8, 4) is 5.75 Å². The first-order valence-corrected chi connectivity index (χ1v) is 11.7. The molecule has 1 amide bonds. The molecule has 6 nitrogen and oxygen atoms in total. The minimum absolute atomic E-state index is 0.0408. The third kappa shape index (κ3) is 5.30. The van der Waals surface area contributed by atoms with Gasteiger partial charge in [0.25, 0.3) is 0 Å². The van der Waals surface area contributed by atoms with Crippen molar-refractivity contribution in [1.82, 2.24) is 9.21 Å². The molecule has 0 atom stereocenters. The minimum atomic E-state index is -3.93. The van der Waals surface area contributed by atoms with Crippen LogP contribution in [0.15, 0.2) is 52.3 Å². The van der Waals surface area contributed by atoms with E-state index in [0.29, 0.717) is 18.2 Å². The quantitative estimate of drug-likeness (QED) is 0.600. The third-order valence-electron chi connectivity index (χ3n) is 4.76. The van der Waals surface area contributed by atoms with E-state index in [1.54, 1.807) is 23.8 Å². The summed E-state index contributed by atoms with van der Waals surface area (Å²) in [5.74, 6) is -0.970. The van der Waals surface area contributed by atoms with Crippen LogP contribution in [0.3, 0.4) is 0 Å². The highest BCUT2D eigenvalue weighted by atomic mass is 32.2. The van der Waals surface area contributed by atoms with Gasteiger partial charge in [0.05, 0.1) is 12.0 Å². The van der Waals surface area contributed by atoms with Crippen LogP contribution in [-0.4, -0.2) is 62.6 Å². The van der Waals surface area contributed by atoms with E-state index in [1.165, 1.54) is 4.31 Å². The zero-order valence-corrected chi connectivity index (χ0v) is 18.0. The van der Waals surface area contributed by atoms with Crippen LogP contribution >= 0.6 is 11.8 Å². The SMILES string of the molecule is COc1ccc(SCCC(=O)N2CCN(S(=O)(=O)c3ccc(F)c(F)c3)CC2)cc1. The molecule has 2 aromatic rings. The van der Waals surface area contributed by atoms with Gasteiger partial charge < -0.3 is 9.64 Å². The first kappa shape index (κ1) is 22.5. The van der Waals surface area contributed by atoms with Gasteiger partial charge in [-0.25, -0.2) is 17.2 Å². The maximum atomic E-state index is 13.4.